The van der Waals surface area contributed by atoms with Gasteiger partial charge in [0.2, 0.25) is 5.91 Å². The molecule has 1 atom stereocenters. The molecule has 0 bridgehead atoms. The maximum Gasteiger partial charge on any atom is 0.573 e. The van der Waals surface area contributed by atoms with Gasteiger partial charge in [-0.3, -0.25) is 19.3 Å². The Labute approximate surface area is 169 Å². The van der Waals surface area contributed by atoms with Crippen molar-refractivity contribution in [2.45, 2.75) is 26.3 Å². The Morgan fingerprint density at radius 1 is 1.17 bits per heavy atom. The highest BCUT2D eigenvalue weighted by molar-refractivity contribution is 6.07. The highest BCUT2D eigenvalue weighted by Gasteiger charge is 2.33. The van der Waals surface area contributed by atoms with Crippen molar-refractivity contribution in [3.63, 3.8) is 0 Å². The molecule has 3 rings (SSSR count). The fourth-order valence-electron chi connectivity index (χ4n) is 2.87. The number of Topliss-reactive ketones (excluding diaryl/α,β-unsaturated/α-hetero) is 1. The van der Waals surface area contributed by atoms with E-state index in [1.807, 2.05) is 0 Å². The summed E-state index contributed by atoms with van der Waals surface area (Å²) in [4.78, 5) is 37.9. The molecule has 1 N–H and O–H groups in total. The molecule has 0 aromatic heterocycles. The second kappa shape index (κ2) is 8.05. The topological polar surface area (TPSA) is 84.9 Å². The standard InChI is InChI=1S/C20H17F3N2O5/c1-11(26)13-3-8-17-16(9-13)25(19(28)12(2)29-17)10-18(27)24-14-4-6-15(7-5-14)30-20(21,22)23/h3-9,12H,10H2,1-2H3,(H,24,27). The average molecular weight is 422 g/mol. The second-order valence-corrected chi connectivity index (χ2v) is 6.54. The molecule has 0 spiro atoms. The highest BCUT2D eigenvalue weighted by atomic mass is 19.4. The van der Waals surface area contributed by atoms with Crippen LogP contribution in [0, 0.1) is 0 Å². The number of hydrogen-bond donors (Lipinski definition) is 1. The number of carbonyl (C=O) groups excluding carboxylic acids is 3. The van der Waals surface area contributed by atoms with Crippen molar-refractivity contribution >= 4 is 29.0 Å². The zero-order valence-electron chi connectivity index (χ0n) is 15.9. The molecule has 0 saturated heterocycles. The molecule has 2 amide bonds. The Morgan fingerprint density at radius 2 is 1.83 bits per heavy atom. The van der Waals surface area contributed by atoms with E-state index in [4.69, 9.17) is 4.74 Å². The predicted molar refractivity (Wildman–Crippen MR) is 101 cm³/mol. The van der Waals surface area contributed by atoms with Crippen molar-refractivity contribution < 1.29 is 37.0 Å². The van der Waals surface area contributed by atoms with Gasteiger partial charge in [0.15, 0.2) is 11.9 Å². The number of ether oxygens (including phenoxy) is 2. The summed E-state index contributed by atoms with van der Waals surface area (Å²) in [6.07, 6.45) is -5.64. The Morgan fingerprint density at radius 3 is 2.43 bits per heavy atom. The smallest absolute Gasteiger partial charge is 0.479 e. The Kier molecular flexibility index (Phi) is 5.68. The molecule has 30 heavy (non-hydrogen) atoms. The summed E-state index contributed by atoms with van der Waals surface area (Å²) in [6.45, 7) is 2.54. The van der Waals surface area contributed by atoms with Crippen LogP contribution in [-0.4, -0.2) is 36.6 Å². The second-order valence-electron chi connectivity index (χ2n) is 6.54. The van der Waals surface area contributed by atoms with E-state index >= 15 is 0 Å². The van der Waals surface area contributed by atoms with Crippen molar-refractivity contribution in [1.82, 2.24) is 0 Å². The number of carbonyl (C=O) groups is 3. The molecule has 1 heterocycles. The van der Waals surface area contributed by atoms with Gasteiger partial charge in [-0.2, -0.15) is 0 Å². The van der Waals surface area contributed by atoms with Gasteiger partial charge in [-0.15, -0.1) is 13.2 Å². The third-order valence-electron chi connectivity index (χ3n) is 4.25. The lowest BCUT2D eigenvalue weighted by atomic mass is 10.1. The van der Waals surface area contributed by atoms with Crippen LogP contribution in [0.5, 0.6) is 11.5 Å². The molecule has 0 saturated carbocycles. The number of anilines is 2. The number of fused-ring (bicyclic) bond motifs is 1. The van der Waals surface area contributed by atoms with Gasteiger partial charge in [0.25, 0.3) is 5.91 Å². The molecule has 2 aromatic carbocycles. The van der Waals surface area contributed by atoms with E-state index in [1.54, 1.807) is 12.1 Å². The first kappa shape index (κ1) is 21.2. The van der Waals surface area contributed by atoms with Gasteiger partial charge in [-0.1, -0.05) is 0 Å². The number of halogens is 3. The first-order chi connectivity index (χ1) is 14.0. The number of amides is 2. The van der Waals surface area contributed by atoms with E-state index in [2.05, 4.69) is 10.1 Å². The number of ketones is 1. The lowest BCUT2D eigenvalue weighted by molar-refractivity contribution is -0.274. The molecular formula is C20H17F3N2O5. The summed E-state index contributed by atoms with van der Waals surface area (Å²) >= 11 is 0. The molecule has 7 nitrogen and oxygen atoms in total. The summed E-state index contributed by atoms with van der Waals surface area (Å²) in [5, 5.41) is 2.51. The Hall–Kier alpha value is -3.56. The zero-order chi connectivity index (χ0) is 22.1. The number of alkyl halides is 3. The largest absolute Gasteiger partial charge is 0.573 e. The van der Waals surface area contributed by atoms with E-state index in [9.17, 15) is 27.6 Å². The Balaban J connectivity index is 1.75. The average Bonchev–Trinajstić information content (AvgIpc) is 2.65. The molecular weight excluding hydrogens is 405 g/mol. The fourth-order valence-corrected chi connectivity index (χ4v) is 2.87. The predicted octanol–water partition coefficient (Wildman–Crippen LogP) is 3.54. The van der Waals surface area contributed by atoms with Crippen LogP contribution < -0.4 is 19.7 Å². The maximum absolute atomic E-state index is 12.5. The molecule has 10 heteroatoms. The van der Waals surface area contributed by atoms with Gasteiger partial charge < -0.3 is 14.8 Å². The minimum absolute atomic E-state index is 0.213. The summed E-state index contributed by atoms with van der Waals surface area (Å²) < 4.78 is 46.0. The minimum atomic E-state index is -4.82. The third-order valence-corrected chi connectivity index (χ3v) is 4.25. The number of nitrogens with zero attached hydrogens (tertiary/aromatic N) is 1. The third kappa shape index (κ3) is 4.88. The van der Waals surface area contributed by atoms with E-state index < -0.39 is 30.0 Å². The van der Waals surface area contributed by atoms with Crippen molar-refractivity contribution in [3.8, 4) is 11.5 Å². The molecule has 1 unspecified atom stereocenters. The van der Waals surface area contributed by atoms with Crippen LogP contribution in [0.4, 0.5) is 24.5 Å². The van der Waals surface area contributed by atoms with Crippen molar-refractivity contribution in [2.24, 2.45) is 0 Å². The molecule has 0 radical (unpaired) electrons. The minimum Gasteiger partial charge on any atom is -0.479 e. The quantitative estimate of drug-likeness (QED) is 0.745. The van der Waals surface area contributed by atoms with Gasteiger partial charge in [-0.25, -0.2) is 0 Å². The molecule has 0 aliphatic carbocycles. The highest BCUT2D eigenvalue weighted by Crippen LogP contribution is 2.35. The van der Waals surface area contributed by atoms with Crippen LogP contribution in [0.3, 0.4) is 0 Å². The number of benzene rings is 2. The van der Waals surface area contributed by atoms with Gasteiger partial charge in [0, 0.05) is 11.3 Å². The van der Waals surface area contributed by atoms with Gasteiger partial charge in [-0.05, 0) is 56.3 Å². The van der Waals surface area contributed by atoms with Crippen molar-refractivity contribution in [1.29, 1.82) is 0 Å². The van der Waals surface area contributed by atoms with Crippen LogP contribution in [-0.2, 0) is 9.59 Å². The van der Waals surface area contributed by atoms with Crippen molar-refractivity contribution in [3.05, 3.63) is 48.0 Å². The molecule has 1 aliphatic heterocycles. The summed E-state index contributed by atoms with van der Waals surface area (Å²) in [5.74, 6) is -1.33. The summed E-state index contributed by atoms with van der Waals surface area (Å²) in [7, 11) is 0. The van der Waals surface area contributed by atoms with Crippen LogP contribution in [0.1, 0.15) is 24.2 Å². The number of rotatable bonds is 5. The molecule has 1 aliphatic rings. The molecule has 0 fully saturated rings. The molecule has 2 aromatic rings. The van der Waals surface area contributed by atoms with Crippen LogP contribution >= 0.6 is 0 Å². The van der Waals surface area contributed by atoms with E-state index in [-0.39, 0.29) is 23.7 Å². The monoisotopic (exact) mass is 422 g/mol. The summed E-state index contributed by atoms with van der Waals surface area (Å²) in [6, 6.07) is 9.18. The molecule has 158 valence electrons. The van der Waals surface area contributed by atoms with Crippen molar-refractivity contribution in [2.75, 3.05) is 16.8 Å². The normalized spacial score (nSPS) is 15.8. The van der Waals surface area contributed by atoms with Gasteiger partial charge in [0.1, 0.15) is 18.0 Å². The SMILES string of the molecule is CC(=O)c1ccc2c(c1)N(CC(=O)Nc1ccc(OC(F)(F)F)cc1)C(=O)C(C)O2. The number of hydrogen-bond acceptors (Lipinski definition) is 5. The number of nitrogens with one attached hydrogen (secondary N) is 1. The first-order valence-electron chi connectivity index (χ1n) is 8.82. The van der Waals surface area contributed by atoms with Crippen LogP contribution in [0.2, 0.25) is 0 Å². The van der Waals surface area contributed by atoms with Crippen LogP contribution in [0.15, 0.2) is 42.5 Å². The first-order valence-corrected chi connectivity index (χ1v) is 8.82. The maximum atomic E-state index is 12.5. The fraction of sp³-hybridized carbons (Fsp3) is 0.250. The Bertz CT molecular complexity index is 989. The lowest BCUT2D eigenvalue weighted by Gasteiger charge is -2.32. The van der Waals surface area contributed by atoms with E-state index in [0.29, 0.717) is 11.3 Å². The summed E-state index contributed by atoms with van der Waals surface area (Å²) in [5.41, 5.74) is 0.862. The van der Waals surface area contributed by atoms with Crippen LogP contribution in [0.25, 0.3) is 0 Å². The van der Waals surface area contributed by atoms with Gasteiger partial charge >= 0.3 is 6.36 Å². The van der Waals surface area contributed by atoms with E-state index in [1.165, 1.54) is 36.9 Å². The zero-order valence-corrected chi connectivity index (χ0v) is 15.9. The van der Waals surface area contributed by atoms with Gasteiger partial charge in [0.05, 0.1) is 5.69 Å². The van der Waals surface area contributed by atoms with E-state index in [0.717, 1.165) is 12.1 Å². The lowest BCUT2D eigenvalue weighted by Crippen LogP contribution is -2.47.